The van der Waals surface area contributed by atoms with Gasteiger partial charge < -0.3 is 20.1 Å². The third kappa shape index (κ3) is 38.9. The van der Waals surface area contributed by atoms with Gasteiger partial charge in [0.1, 0.15) is 12.7 Å². The molecule has 1 amide bonds. The number of ether oxygens (including phenoxy) is 1. The van der Waals surface area contributed by atoms with E-state index in [0.29, 0.717) is 6.42 Å². The van der Waals surface area contributed by atoms with Crippen molar-refractivity contribution in [1.82, 2.24) is 5.32 Å². The van der Waals surface area contributed by atoms with Crippen LogP contribution in [0.3, 0.4) is 0 Å². The second-order valence-corrected chi connectivity index (χ2v) is 14.7. The summed E-state index contributed by atoms with van der Waals surface area (Å²) in [5.41, 5.74) is 0. The SMILES string of the molecule is CC/C=C\C/C=C\C/C=C\C/C=C\C/C=C\CCCCCCCC(=O)NCCOP(=O)(O)OCC(O)COC(=O)CCCCCCCCCCCC. The van der Waals surface area contributed by atoms with Crippen LogP contribution in [0.25, 0.3) is 0 Å². The summed E-state index contributed by atoms with van der Waals surface area (Å²) in [6.07, 6.45) is 44.4. The van der Waals surface area contributed by atoms with E-state index in [4.69, 9.17) is 13.8 Å². The van der Waals surface area contributed by atoms with Crippen LogP contribution in [0.1, 0.15) is 162 Å². The smallest absolute Gasteiger partial charge is 0.463 e. The molecule has 0 aromatic carbocycles. The van der Waals surface area contributed by atoms with E-state index in [1.165, 1.54) is 44.9 Å². The summed E-state index contributed by atoms with van der Waals surface area (Å²) in [5, 5.41) is 12.6. The molecule has 0 fully saturated rings. The highest BCUT2D eigenvalue weighted by Crippen LogP contribution is 2.42. The number of carbonyl (C=O) groups excluding carboxylic acids is 2. The Morgan fingerprint density at radius 3 is 1.65 bits per heavy atom. The second-order valence-electron chi connectivity index (χ2n) is 13.2. The number of aliphatic hydroxyl groups excluding tert-OH is 1. The number of hydrogen-bond donors (Lipinski definition) is 3. The molecular weight excluding hydrogens is 677 g/mol. The van der Waals surface area contributed by atoms with E-state index in [1.54, 1.807) is 0 Å². The van der Waals surface area contributed by atoms with Gasteiger partial charge in [0.15, 0.2) is 0 Å². The number of esters is 1. The van der Waals surface area contributed by atoms with E-state index in [0.717, 1.165) is 89.9 Å². The first kappa shape index (κ1) is 49.7. The number of phosphoric acid groups is 1. The van der Waals surface area contributed by atoms with Crippen molar-refractivity contribution in [2.45, 2.75) is 168 Å². The summed E-state index contributed by atoms with van der Waals surface area (Å²) in [4.78, 5) is 33.8. The van der Waals surface area contributed by atoms with Gasteiger partial charge in [0.2, 0.25) is 5.91 Å². The molecule has 0 saturated carbocycles. The minimum absolute atomic E-state index is 0.0686. The van der Waals surface area contributed by atoms with Gasteiger partial charge in [-0.15, -0.1) is 0 Å². The van der Waals surface area contributed by atoms with Crippen molar-refractivity contribution in [2.24, 2.45) is 0 Å². The Morgan fingerprint density at radius 1 is 0.615 bits per heavy atom. The summed E-state index contributed by atoms with van der Waals surface area (Å²) in [7, 11) is -4.42. The van der Waals surface area contributed by atoms with E-state index in [-0.39, 0.29) is 32.1 Å². The van der Waals surface area contributed by atoms with Gasteiger partial charge in [0.25, 0.3) is 0 Å². The molecule has 3 N–H and O–H groups in total. The molecule has 2 unspecified atom stereocenters. The molecule has 0 aliphatic carbocycles. The highest BCUT2D eigenvalue weighted by atomic mass is 31.2. The Kier molecular flexibility index (Phi) is 36.7. The quantitative estimate of drug-likeness (QED) is 0.0247. The van der Waals surface area contributed by atoms with Crippen molar-refractivity contribution >= 4 is 19.7 Å². The Hall–Kier alpha value is -2.29. The van der Waals surface area contributed by atoms with Gasteiger partial charge in [0, 0.05) is 19.4 Å². The van der Waals surface area contributed by atoms with Gasteiger partial charge >= 0.3 is 13.8 Å². The van der Waals surface area contributed by atoms with Crippen LogP contribution in [0.5, 0.6) is 0 Å². The average Bonchev–Trinajstić information content (AvgIpc) is 3.13. The lowest BCUT2D eigenvalue weighted by Crippen LogP contribution is -2.27. The summed E-state index contributed by atoms with van der Waals surface area (Å²) in [5.74, 6) is -0.541. The summed E-state index contributed by atoms with van der Waals surface area (Å²) < 4.78 is 26.8. The molecule has 9 nitrogen and oxygen atoms in total. The summed E-state index contributed by atoms with van der Waals surface area (Å²) in [6.45, 7) is 3.38. The molecule has 0 heterocycles. The van der Waals surface area contributed by atoms with Crippen molar-refractivity contribution in [1.29, 1.82) is 0 Å². The Morgan fingerprint density at radius 2 is 1.10 bits per heavy atom. The maximum atomic E-state index is 12.1. The van der Waals surface area contributed by atoms with E-state index in [2.05, 4.69) is 79.9 Å². The monoisotopic (exact) mass is 752 g/mol. The number of allylic oxidation sites excluding steroid dienone is 10. The van der Waals surface area contributed by atoms with Crippen LogP contribution in [0, 0.1) is 0 Å². The number of amides is 1. The Labute approximate surface area is 317 Å². The molecule has 2 atom stereocenters. The molecule has 0 saturated heterocycles. The molecule has 0 radical (unpaired) electrons. The predicted octanol–water partition coefficient (Wildman–Crippen LogP) is 10.9. The molecule has 0 spiro atoms. The van der Waals surface area contributed by atoms with Gasteiger partial charge in [-0.3, -0.25) is 18.6 Å². The largest absolute Gasteiger partial charge is 0.472 e. The molecule has 0 bridgehead atoms. The Balaban J connectivity index is 3.66. The molecule has 0 aliphatic rings. The van der Waals surface area contributed by atoms with Gasteiger partial charge in [-0.2, -0.15) is 0 Å². The van der Waals surface area contributed by atoms with Crippen LogP contribution in [-0.4, -0.2) is 54.3 Å². The van der Waals surface area contributed by atoms with Gasteiger partial charge in [-0.25, -0.2) is 4.57 Å². The number of aliphatic hydroxyl groups is 1. The summed E-state index contributed by atoms with van der Waals surface area (Å²) in [6, 6.07) is 0. The number of hydrogen-bond acceptors (Lipinski definition) is 7. The zero-order valence-electron chi connectivity index (χ0n) is 32.7. The third-order valence-electron chi connectivity index (χ3n) is 8.21. The first-order valence-corrected chi connectivity index (χ1v) is 21.8. The fourth-order valence-corrected chi connectivity index (χ4v) is 5.93. The van der Waals surface area contributed by atoms with E-state index < -0.39 is 26.5 Å². The lowest BCUT2D eigenvalue weighted by molar-refractivity contribution is -0.147. The zero-order chi connectivity index (χ0) is 38.2. The molecule has 300 valence electrons. The highest BCUT2D eigenvalue weighted by molar-refractivity contribution is 7.47. The van der Waals surface area contributed by atoms with Crippen LogP contribution in [-0.2, 0) is 27.9 Å². The van der Waals surface area contributed by atoms with Crippen LogP contribution in [0.4, 0.5) is 0 Å². The maximum Gasteiger partial charge on any atom is 0.472 e. The highest BCUT2D eigenvalue weighted by Gasteiger charge is 2.23. The number of nitrogens with one attached hydrogen (secondary N) is 1. The fraction of sp³-hybridized carbons (Fsp3) is 0.714. The van der Waals surface area contributed by atoms with Crippen molar-refractivity contribution in [2.75, 3.05) is 26.4 Å². The minimum Gasteiger partial charge on any atom is -0.463 e. The van der Waals surface area contributed by atoms with E-state index in [9.17, 15) is 24.2 Å². The van der Waals surface area contributed by atoms with Crippen molar-refractivity contribution in [3.63, 3.8) is 0 Å². The van der Waals surface area contributed by atoms with Crippen LogP contribution >= 0.6 is 7.82 Å². The van der Waals surface area contributed by atoms with Gasteiger partial charge in [-0.05, 0) is 57.8 Å². The molecule has 0 aliphatic heterocycles. The lowest BCUT2D eigenvalue weighted by Gasteiger charge is -2.15. The fourth-order valence-electron chi connectivity index (χ4n) is 5.17. The minimum atomic E-state index is -4.42. The molecule has 0 aromatic heterocycles. The van der Waals surface area contributed by atoms with Crippen molar-refractivity contribution in [3.05, 3.63) is 60.8 Å². The van der Waals surface area contributed by atoms with Crippen LogP contribution in [0.15, 0.2) is 60.8 Å². The lowest BCUT2D eigenvalue weighted by atomic mass is 10.1. The van der Waals surface area contributed by atoms with Gasteiger partial charge in [-0.1, -0.05) is 152 Å². The molecule has 0 rings (SSSR count). The van der Waals surface area contributed by atoms with E-state index in [1.807, 2.05) is 0 Å². The molecule has 52 heavy (non-hydrogen) atoms. The molecule has 0 aromatic rings. The normalized spacial score (nSPS) is 14.0. The molecular formula is C42H74NO8P. The topological polar surface area (TPSA) is 131 Å². The third-order valence-corrected chi connectivity index (χ3v) is 9.20. The number of unbranched alkanes of at least 4 members (excludes halogenated alkanes) is 14. The summed E-state index contributed by atoms with van der Waals surface area (Å²) >= 11 is 0. The van der Waals surface area contributed by atoms with E-state index >= 15 is 0 Å². The molecule has 10 heteroatoms. The second kappa shape index (κ2) is 38.4. The van der Waals surface area contributed by atoms with Crippen LogP contribution < -0.4 is 5.32 Å². The number of carbonyl (C=O) groups is 2. The number of rotatable bonds is 37. The predicted molar refractivity (Wildman–Crippen MR) is 215 cm³/mol. The van der Waals surface area contributed by atoms with Crippen molar-refractivity contribution < 1.29 is 37.9 Å². The standard InChI is InChI=1S/C42H74NO8P/c1-3-5-7-9-11-13-15-16-17-18-19-20-21-22-23-24-25-26-28-30-32-34-41(45)43-36-37-50-52(47,48)51-39-40(44)38-49-42(46)35-33-31-29-27-14-12-10-8-6-4-2/h5,7,11,13,16-17,19-20,22-23,40,44H,3-4,6,8-10,12,14-15,18,21,24-39H2,1-2H3,(H,43,45)(H,47,48)/b7-5-,13-11-,17-16-,20-19-,23-22-. The van der Waals surface area contributed by atoms with Crippen molar-refractivity contribution in [3.8, 4) is 0 Å². The zero-order valence-corrected chi connectivity index (χ0v) is 33.6. The Bertz CT molecular complexity index is 1040. The average molecular weight is 752 g/mol. The van der Waals surface area contributed by atoms with Gasteiger partial charge in [0.05, 0.1) is 13.2 Å². The first-order chi connectivity index (χ1) is 25.3. The first-order valence-electron chi connectivity index (χ1n) is 20.3. The maximum absolute atomic E-state index is 12.1. The van der Waals surface area contributed by atoms with Crippen LogP contribution in [0.2, 0.25) is 0 Å². The number of phosphoric ester groups is 1.